The van der Waals surface area contributed by atoms with E-state index in [0.29, 0.717) is 58.3 Å². The third kappa shape index (κ3) is 6.73. The number of rotatable bonds is 10. The third-order valence-electron chi connectivity index (χ3n) is 5.01. The van der Waals surface area contributed by atoms with Gasteiger partial charge in [0.15, 0.2) is 6.10 Å². The molecular weight excluding hydrogens is 465 g/mol. The van der Waals surface area contributed by atoms with E-state index in [0.717, 1.165) is 11.1 Å². The average Bonchev–Trinajstić information content (AvgIpc) is 3.13. The van der Waals surface area contributed by atoms with E-state index >= 15 is 0 Å². The molecule has 33 heavy (non-hydrogen) atoms. The van der Waals surface area contributed by atoms with Crippen molar-refractivity contribution in [2.45, 2.75) is 46.8 Å². The Hall–Kier alpha value is -2.54. The zero-order valence-electron chi connectivity index (χ0n) is 19.1. The fourth-order valence-electron chi connectivity index (χ4n) is 3.35. The molecule has 2 aromatic carbocycles. The normalized spacial score (nSPS) is 11.9. The Morgan fingerprint density at radius 3 is 2.42 bits per heavy atom. The van der Waals surface area contributed by atoms with Crippen molar-refractivity contribution in [1.29, 1.82) is 0 Å². The van der Waals surface area contributed by atoms with Crippen LogP contribution in [0.2, 0.25) is 10.0 Å². The molecule has 3 aromatic rings. The molecule has 0 saturated heterocycles. The monoisotopic (exact) mass is 491 g/mol. The molecule has 0 aliphatic rings. The lowest BCUT2D eigenvalue weighted by atomic mass is 10.0. The SMILES string of the molecule is CCOC(=O)C(Cc1ccc(OCc2nc(-c3cc(Cl)cc(Cl)c3)oc2C)cc1C)OCC. The number of esters is 1. The summed E-state index contributed by atoms with van der Waals surface area (Å²) < 4.78 is 22.4. The summed E-state index contributed by atoms with van der Waals surface area (Å²) in [5.41, 5.74) is 3.37. The van der Waals surface area contributed by atoms with Crippen molar-refractivity contribution in [1.82, 2.24) is 4.98 Å². The van der Waals surface area contributed by atoms with Gasteiger partial charge in [-0.2, -0.15) is 0 Å². The van der Waals surface area contributed by atoms with Gasteiger partial charge in [-0.15, -0.1) is 0 Å². The number of hydrogen-bond acceptors (Lipinski definition) is 6. The Labute approximate surface area is 203 Å². The highest BCUT2D eigenvalue weighted by Gasteiger charge is 2.21. The van der Waals surface area contributed by atoms with Crippen molar-refractivity contribution in [3.05, 3.63) is 69.0 Å². The minimum absolute atomic E-state index is 0.243. The van der Waals surface area contributed by atoms with E-state index in [9.17, 15) is 4.79 Å². The number of aryl methyl sites for hydroxylation is 2. The van der Waals surface area contributed by atoms with Crippen LogP contribution in [-0.4, -0.2) is 30.3 Å². The molecule has 1 atom stereocenters. The van der Waals surface area contributed by atoms with Gasteiger partial charge in [0.2, 0.25) is 5.89 Å². The molecule has 0 saturated carbocycles. The molecule has 3 rings (SSSR count). The molecule has 0 aliphatic carbocycles. The summed E-state index contributed by atoms with van der Waals surface area (Å²) in [4.78, 5) is 16.7. The van der Waals surface area contributed by atoms with Gasteiger partial charge in [-0.05, 0) is 69.2 Å². The van der Waals surface area contributed by atoms with Crippen LogP contribution in [-0.2, 0) is 27.3 Å². The molecule has 1 unspecified atom stereocenters. The van der Waals surface area contributed by atoms with Gasteiger partial charge in [-0.25, -0.2) is 9.78 Å². The first-order valence-electron chi connectivity index (χ1n) is 10.7. The van der Waals surface area contributed by atoms with Crippen LogP contribution < -0.4 is 4.74 Å². The van der Waals surface area contributed by atoms with Crippen LogP contribution in [0.25, 0.3) is 11.5 Å². The molecule has 6 nitrogen and oxygen atoms in total. The fourth-order valence-corrected chi connectivity index (χ4v) is 3.87. The lowest BCUT2D eigenvalue weighted by Gasteiger charge is -2.17. The molecule has 0 fully saturated rings. The molecule has 0 bridgehead atoms. The second-order valence-corrected chi connectivity index (χ2v) is 8.33. The van der Waals surface area contributed by atoms with Crippen LogP contribution in [0, 0.1) is 13.8 Å². The Morgan fingerprint density at radius 2 is 1.79 bits per heavy atom. The van der Waals surface area contributed by atoms with E-state index < -0.39 is 6.10 Å². The molecule has 0 spiro atoms. The van der Waals surface area contributed by atoms with Crippen molar-refractivity contribution in [2.75, 3.05) is 13.2 Å². The average molecular weight is 492 g/mol. The van der Waals surface area contributed by atoms with E-state index in [2.05, 4.69) is 4.98 Å². The number of benzene rings is 2. The zero-order valence-corrected chi connectivity index (χ0v) is 20.6. The fraction of sp³-hybridized carbons (Fsp3) is 0.360. The van der Waals surface area contributed by atoms with Gasteiger partial charge in [0.25, 0.3) is 0 Å². The van der Waals surface area contributed by atoms with Gasteiger partial charge < -0.3 is 18.6 Å². The van der Waals surface area contributed by atoms with Crippen LogP contribution in [0.5, 0.6) is 5.75 Å². The van der Waals surface area contributed by atoms with E-state index in [1.165, 1.54) is 0 Å². The second kappa shape index (κ2) is 11.5. The summed E-state index contributed by atoms with van der Waals surface area (Å²) >= 11 is 12.2. The largest absolute Gasteiger partial charge is 0.487 e. The molecule has 1 heterocycles. The first kappa shape index (κ1) is 25.1. The highest BCUT2D eigenvalue weighted by molar-refractivity contribution is 6.35. The van der Waals surface area contributed by atoms with Gasteiger partial charge >= 0.3 is 5.97 Å². The molecule has 1 aromatic heterocycles. The maximum absolute atomic E-state index is 12.1. The summed E-state index contributed by atoms with van der Waals surface area (Å²) in [6, 6.07) is 10.9. The standard InChI is InChI=1S/C25H27Cl2NO5/c1-5-30-23(25(29)31-6-2)12-17-7-8-21(9-15(17)3)32-14-22-16(4)33-24(28-22)18-10-19(26)13-20(27)11-18/h7-11,13,23H,5-6,12,14H2,1-4H3. The lowest BCUT2D eigenvalue weighted by Crippen LogP contribution is -2.29. The number of oxazole rings is 1. The zero-order chi connectivity index (χ0) is 24.0. The Kier molecular flexibility index (Phi) is 8.78. The Morgan fingerprint density at radius 1 is 1.06 bits per heavy atom. The molecule has 0 N–H and O–H groups in total. The number of aromatic nitrogens is 1. The van der Waals surface area contributed by atoms with E-state index in [-0.39, 0.29) is 12.6 Å². The smallest absolute Gasteiger partial charge is 0.335 e. The maximum Gasteiger partial charge on any atom is 0.335 e. The topological polar surface area (TPSA) is 70.8 Å². The number of nitrogens with zero attached hydrogens (tertiary/aromatic N) is 1. The van der Waals surface area contributed by atoms with Gasteiger partial charge in [0.1, 0.15) is 23.8 Å². The predicted molar refractivity (Wildman–Crippen MR) is 128 cm³/mol. The van der Waals surface area contributed by atoms with Crippen LogP contribution in [0.4, 0.5) is 0 Å². The number of ether oxygens (including phenoxy) is 3. The highest BCUT2D eigenvalue weighted by Crippen LogP contribution is 2.29. The van der Waals surface area contributed by atoms with Crippen LogP contribution in [0.15, 0.2) is 40.8 Å². The molecule has 176 valence electrons. The second-order valence-electron chi connectivity index (χ2n) is 7.46. The maximum atomic E-state index is 12.1. The van der Waals surface area contributed by atoms with E-state index in [4.69, 9.17) is 41.8 Å². The number of halogens is 2. The summed E-state index contributed by atoms with van der Waals surface area (Å²) in [5.74, 6) is 1.43. The number of carbonyl (C=O) groups is 1. The van der Waals surface area contributed by atoms with Crippen LogP contribution >= 0.6 is 23.2 Å². The first-order valence-corrected chi connectivity index (χ1v) is 11.5. The Bertz CT molecular complexity index is 1090. The van der Waals surface area contributed by atoms with Crippen molar-refractivity contribution in [3.8, 4) is 17.2 Å². The minimum Gasteiger partial charge on any atom is -0.487 e. The van der Waals surface area contributed by atoms with Crippen molar-refractivity contribution < 1.29 is 23.4 Å². The van der Waals surface area contributed by atoms with Gasteiger partial charge in [0.05, 0.1) is 6.61 Å². The quantitative estimate of drug-likeness (QED) is 0.307. The lowest BCUT2D eigenvalue weighted by molar-refractivity contribution is -0.156. The minimum atomic E-state index is -0.628. The van der Waals surface area contributed by atoms with E-state index in [1.807, 2.05) is 39.0 Å². The molecule has 0 radical (unpaired) electrons. The predicted octanol–water partition coefficient (Wildman–Crippen LogP) is 6.35. The van der Waals surface area contributed by atoms with Crippen molar-refractivity contribution in [3.63, 3.8) is 0 Å². The summed E-state index contributed by atoms with van der Waals surface area (Å²) in [7, 11) is 0. The molecule has 0 amide bonds. The van der Waals surface area contributed by atoms with E-state index in [1.54, 1.807) is 25.1 Å². The molecule has 0 aliphatic heterocycles. The number of carbonyl (C=O) groups excluding carboxylic acids is 1. The summed E-state index contributed by atoms with van der Waals surface area (Å²) in [6.07, 6.45) is -0.191. The summed E-state index contributed by atoms with van der Waals surface area (Å²) in [5, 5.41) is 1.02. The van der Waals surface area contributed by atoms with Crippen molar-refractivity contribution >= 4 is 29.2 Å². The van der Waals surface area contributed by atoms with Crippen molar-refractivity contribution in [2.24, 2.45) is 0 Å². The van der Waals surface area contributed by atoms with Crippen LogP contribution in [0.1, 0.15) is 36.4 Å². The Balaban J connectivity index is 1.68. The first-order chi connectivity index (χ1) is 15.8. The molecule has 8 heteroatoms. The summed E-state index contributed by atoms with van der Waals surface area (Å²) in [6.45, 7) is 8.44. The molecular formula is C25H27Cl2NO5. The van der Waals surface area contributed by atoms with Gasteiger partial charge in [-0.1, -0.05) is 29.3 Å². The number of hydrogen-bond donors (Lipinski definition) is 0. The highest BCUT2D eigenvalue weighted by atomic mass is 35.5. The van der Waals surface area contributed by atoms with Gasteiger partial charge in [-0.3, -0.25) is 0 Å². The third-order valence-corrected chi connectivity index (χ3v) is 5.45. The van der Waals surface area contributed by atoms with Gasteiger partial charge in [0, 0.05) is 28.6 Å². The van der Waals surface area contributed by atoms with Crippen LogP contribution in [0.3, 0.4) is 0 Å².